The normalized spacial score (nSPS) is 12.5. The molecule has 0 spiro atoms. The molecule has 2 aromatic carbocycles. The van der Waals surface area contributed by atoms with Crippen molar-refractivity contribution in [2.45, 2.75) is 17.2 Å². The quantitative estimate of drug-likeness (QED) is 0.641. The summed E-state index contributed by atoms with van der Waals surface area (Å²) in [5.41, 5.74) is -3.61. The van der Waals surface area contributed by atoms with Gasteiger partial charge in [-0.15, -0.1) is 0 Å². The smallest absolute Gasteiger partial charge is 0.375 e. The Kier molecular flexibility index (Phi) is 6.67. The van der Waals surface area contributed by atoms with Crippen molar-refractivity contribution in [3.63, 3.8) is 0 Å². The minimum atomic E-state index is -5.20. The van der Waals surface area contributed by atoms with Gasteiger partial charge in [-0.2, -0.15) is 26.3 Å². The Morgan fingerprint density at radius 2 is 1.47 bits per heavy atom. The third-order valence-electron chi connectivity index (χ3n) is 3.55. The van der Waals surface area contributed by atoms with E-state index in [0.29, 0.717) is 0 Å². The predicted octanol–water partition coefficient (Wildman–Crippen LogP) is 4.11. The third kappa shape index (κ3) is 6.10. The van der Waals surface area contributed by atoms with Crippen molar-refractivity contribution in [3.05, 3.63) is 53.6 Å². The summed E-state index contributed by atoms with van der Waals surface area (Å²) in [6.07, 6.45) is -10.4. The first kappa shape index (κ1) is 23.5. The molecule has 0 heterocycles. The zero-order chi connectivity index (χ0) is 22.7. The van der Waals surface area contributed by atoms with Gasteiger partial charge >= 0.3 is 12.4 Å². The lowest BCUT2D eigenvalue weighted by Gasteiger charge is -2.15. The van der Waals surface area contributed by atoms with E-state index in [1.165, 1.54) is 25.3 Å². The van der Waals surface area contributed by atoms with E-state index < -0.39 is 44.3 Å². The number of ether oxygens (including phenoxy) is 1. The Labute approximate surface area is 166 Å². The fraction of sp³-hybridized carbons (Fsp3) is 0.235. The monoisotopic (exact) mass is 456 g/mol. The van der Waals surface area contributed by atoms with Gasteiger partial charge in [0.05, 0.1) is 21.7 Å². The second kappa shape index (κ2) is 8.52. The number of amides is 1. The molecule has 30 heavy (non-hydrogen) atoms. The van der Waals surface area contributed by atoms with Crippen molar-refractivity contribution in [2.24, 2.45) is 0 Å². The Bertz CT molecular complexity index is 1000. The van der Waals surface area contributed by atoms with Gasteiger partial charge in [-0.1, -0.05) is 6.07 Å². The maximum absolute atomic E-state index is 13.0. The van der Waals surface area contributed by atoms with Crippen LogP contribution in [-0.4, -0.2) is 28.0 Å². The van der Waals surface area contributed by atoms with Crippen molar-refractivity contribution >= 4 is 27.3 Å². The van der Waals surface area contributed by atoms with Gasteiger partial charge in [0.25, 0.3) is 10.0 Å². The van der Waals surface area contributed by atoms with Gasteiger partial charge in [-0.3, -0.25) is 9.52 Å². The van der Waals surface area contributed by atoms with Crippen molar-refractivity contribution in [3.8, 4) is 0 Å². The summed E-state index contributed by atoms with van der Waals surface area (Å²) in [5, 5.41) is 2.37. The zero-order valence-corrected chi connectivity index (χ0v) is 15.9. The lowest BCUT2D eigenvalue weighted by Crippen LogP contribution is -2.18. The maximum atomic E-state index is 13.0. The second-order valence-electron chi connectivity index (χ2n) is 5.91. The van der Waals surface area contributed by atoms with Gasteiger partial charge in [0.1, 0.15) is 6.61 Å². The topological polar surface area (TPSA) is 84.5 Å². The van der Waals surface area contributed by atoms with Gasteiger partial charge in [-0.05, 0) is 36.4 Å². The molecule has 0 aliphatic heterocycles. The highest BCUT2D eigenvalue weighted by atomic mass is 32.2. The van der Waals surface area contributed by atoms with Crippen LogP contribution in [0.1, 0.15) is 11.1 Å². The van der Waals surface area contributed by atoms with E-state index in [4.69, 9.17) is 0 Å². The van der Waals surface area contributed by atoms with E-state index in [2.05, 4.69) is 10.1 Å². The van der Waals surface area contributed by atoms with Crippen LogP contribution >= 0.6 is 0 Å². The van der Waals surface area contributed by atoms with Crippen LogP contribution in [0, 0.1) is 0 Å². The van der Waals surface area contributed by atoms with Crippen LogP contribution in [0.5, 0.6) is 0 Å². The fourth-order valence-corrected chi connectivity index (χ4v) is 3.40. The van der Waals surface area contributed by atoms with Gasteiger partial charge in [0.2, 0.25) is 5.91 Å². The summed E-state index contributed by atoms with van der Waals surface area (Å²) in [6, 6.07) is 5.05. The SMILES string of the molecule is COCC(=O)Nc1cccc(NS(=O)(=O)c2cc(C(F)(F)F)cc(C(F)(F)F)c2)c1. The van der Waals surface area contributed by atoms with Crippen LogP contribution < -0.4 is 10.0 Å². The van der Waals surface area contributed by atoms with Crippen LogP contribution in [0.3, 0.4) is 0 Å². The molecule has 2 N–H and O–H groups in total. The number of alkyl halides is 6. The first-order valence-electron chi connectivity index (χ1n) is 7.93. The Morgan fingerprint density at radius 3 is 1.97 bits per heavy atom. The van der Waals surface area contributed by atoms with Gasteiger partial charge in [0, 0.05) is 12.8 Å². The summed E-state index contributed by atoms with van der Waals surface area (Å²) < 4.78 is 109. The molecule has 1 amide bonds. The number of methoxy groups -OCH3 is 1. The number of sulfonamides is 1. The third-order valence-corrected chi connectivity index (χ3v) is 4.91. The van der Waals surface area contributed by atoms with Gasteiger partial charge in [0.15, 0.2) is 0 Å². The van der Waals surface area contributed by atoms with E-state index in [0.717, 1.165) is 6.07 Å². The highest BCUT2D eigenvalue weighted by molar-refractivity contribution is 7.92. The molecular formula is C17H14F6N2O4S. The molecule has 0 atom stereocenters. The number of hydrogen-bond acceptors (Lipinski definition) is 4. The van der Waals surface area contributed by atoms with Crippen molar-refractivity contribution < 1.29 is 44.3 Å². The molecule has 2 aromatic rings. The van der Waals surface area contributed by atoms with Gasteiger partial charge in [-0.25, -0.2) is 8.42 Å². The van der Waals surface area contributed by atoms with E-state index in [9.17, 15) is 39.6 Å². The number of hydrogen-bond donors (Lipinski definition) is 2. The first-order chi connectivity index (χ1) is 13.7. The van der Waals surface area contributed by atoms with Crippen LogP contribution in [0.4, 0.5) is 37.7 Å². The molecule has 0 aromatic heterocycles. The van der Waals surface area contributed by atoms with Crippen molar-refractivity contribution in [1.82, 2.24) is 0 Å². The average Bonchev–Trinajstić information content (AvgIpc) is 2.60. The zero-order valence-electron chi connectivity index (χ0n) is 15.1. The number of benzene rings is 2. The molecule has 13 heteroatoms. The number of rotatable bonds is 6. The number of nitrogens with one attached hydrogen (secondary N) is 2. The average molecular weight is 456 g/mol. The number of anilines is 2. The number of halogens is 6. The molecule has 164 valence electrons. The summed E-state index contributed by atoms with van der Waals surface area (Å²) >= 11 is 0. The standard InChI is InChI=1S/C17H14F6N2O4S/c1-29-9-15(26)24-12-3-2-4-13(8-12)25-30(27,28)14-6-10(16(18,19)20)5-11(7-14)17(21,22)23/h2-8,25H,9H2,1H3,(H,24,26). The first-order valence-corrected chi connectivity index (χ1v) is 9.42. The highest BCUT2D eigenvalue weighted by Gasteiger charge is 2.38. The molecule has 0 aliphatic rings. The number of carbonyl (C=O) groups excluding carboxylic acids is 1. The van der Waals surface area contributed by atoms with Crippen LogP contribution in [-0.2, 0) is 31.9 Å². The summed E-state index contributed by atoms with van der Waals surface area (Å²) in [5.74, 6) is -0.565. The largest absolute Gasteiger partial charge is 0.416 e. The Morgan fingerprint density at radius 1 is 0.933 bits per heavy atom. The minimum absolute atomic E-state index is 0.0990. The predicted molar refractivity (Wildman–Crippen MR) is 94.2 cm³/mol. The highest BCUT2D eigenvalue weighted by Crippen LogP contribution is 2.37. The lowest BCUT2D eigenvalue weighted by molar-refractivity contribution is -0.143. The molecule has 0 fully saturated rings. The molecule has 0 unspecified atom stereocenters. The summed E-state index contributed by atoms with van der Waals surface area (Å²) in [4.78, 5) is 10.3. The Hall–Kier alpha value is -2.80. The van der Waals surface area contributed by atoms with Crippen molar-refractivity contribution in [2.75, 3.05) is 23.8 Å². The summed E-state index contributed by atoms with van der Waals surface area (Å²) in [7, 11) is -3.55. The molecule has 2 rings (SSSR count). The fourth-order valence-electron chi connectivity index (χ4n) is 2.28. The lowest BCUT2D eigenvalue weighted by atomic mass is 10.1. The van der Waals surface area contributed by atoms with Crippen LogP contribution in [0.15, 0.2) is 47.4 Å². The van der Waals surface area contributed by atoms with Gasteiger partial charge < -0.3 is 10.1 Å². The van der Waals surface area contributed by atoms with E-state index in [1.807, 2.05) is 4.72 Å². The Balaban J connectivity index is 2.41. The maximum Gasteiger partial charge on any atom is 0.416 e. The molecule has 6 nitrogen and oxygen atoms in total. The minimum Gasteiger partial charge on any atom is -0.375 e. The molecule has 0 saturated heterocycles. The molecule has 0 saturated carbocycles. The van der Waals surface area contributed by atoms with E-state index >= 15 is 0 Å². The van der Waals surface area contributed by atoms with Crippen molar-refractivity contribution in [1.29, 1.82) is 0 Å². The molecule has 0 bridgehead atoms. The van der Waals surface area contributed by atoms with E-state index in [-0.39, 0.29) is 36.2 Å². The molecular weight excluding hydrogens is 442 g/mol. The summed E-state index contributed by atoms with van der Waals surface area (Å²) in [6.45, 7) is -0.291. The second-order valence-corrected chi connectivity index (χ2v) is 7.59. The molecule has 0 aliphatic carbocycles. The van der Waals surface area contributed by atoms with Crippen LogP contribution in [0.25, 0.3) is 0 Å². The van der Waals surface area contributed by atoms with E-state index in [1.54, 1.807) is 0 Å². The number of carbonyl (C=O) groups is 1. The van der Waals surface area contributed by atoms with Crippen LogP contribution in [0.2, 0.25) is 0 Å². The molecule has 0 radical (unpaired) electrons.